The van der Waals surface area contributed by atoms with Crippen molar-refractivity contribution in [3.8, 4) is 0 Å². The molecule has 0 aromatic heterocycles. The van der Waals surface area contributed by atoms with Crippen LogP contribution in [0.3, 0.4) is 0 Å². The molecule has 10 nitrogen and oxygen atoms in total. The summed E-state index contributed by atoms with van der Waals surface area (Å²) in [5.41, 5.74) is 8.93. The predicted molar refractivity (Wildman–Crippen MR) is 84.1 cm³/mol. The monoisotopic (exact) mass is 350 g/mol. The van der Waals surface area contributed by atoms with Gasteiger partial charge in [0.1, 0.15) is 24.9 Å². The van der Waals surface area contributed by atoms with Crippen molar-refractivity contribution >= 4 is 11.9 Å². The summed E-state index contributed by atoms with van der Waals surface area (Å²) in [6.45, 7) is 0.843. The van der Waals surface area contributed by atoms with Gasteiger partial charge in [0.05, 0.1) is 11.6 Å². The second-order valence-corrected chi connectivity index (χ2v) is 5.44. The lowest BCUT2D eigenvalue weighted by Gasteiger charge is -2.41. The molecule has 0 unspecified atom stereocenters. The number of aliphatic hydroxyl groups is 2. The lowest BCUT2D eigenvalue weighted by molar-refractivity contribution is -0.193. The lowest BCUT2D eigenvalue weighted by Crippen LogP contribution is -2.63. The molecular weight excluding hydrogens is 332 g/mol. The number of carbonyl (C=O) groups is 2. The highest BCUT2D eigenvalue weighted by atomic mass is 16.6. The van der Waals surface area contributed by atoms with Crippen molar-refractivity contribution in [2.45, 2.75) is 37.5 Å². The van der Waals surface area contributed by atoms with E-state index in [1.807, 2.05) is 0 Å². The molecule has 1 saturated heterocycles. The van der Waals surface area contributed by atoms with Crippen molar-refractivity contribution in [2.24, 2.45) is 5.11 Å². The van der Waals surface area contributed by atoms with Crippen LogP contribution in [-0.4, -0.2) is 59.3 Å². The second kappa shape index (κ2) is 8.45. The van der Waals surface area contributed by atoms with Crippen LogP contribution in [0, 0.1) is 0 Å². The average molecular weight is 350 g/mol. The van der Waals surface area contributed by atoms with E-state index in [9.17, 15) is 19.8 Å². The number of hydrogen-bond acceptors (Lipinski definition) is 7. The topological polar surface area (TPSA) is 154 Å². The smallest absolute Gasteiger partial charge is 0.338 e. The number of carbonyl (C=O) groups excluding carboxylic acids is 2. The highest BCUT2D eigenvalue weighted by Gasteiger charge is 2.45. The third kappa shape index (κ3) is 4.68. The maximum Gasteiger partial charge on any atom is 0.338 e. The normalized spacial score (nSPS) is 28.5. The van der Waals surface area contributed by atoms with Crippen LogP contribution < -0.4 is 5.32 Å². The number of benzene rings is 1. The quantitative estimate of drug-likeness (QED) is 0.296. The molecule has 0 saturated carbocycles. The zero-order chi connectivity index (χ0) is 18.4. The number of rotatable bonds is 5. The standard InChI is InChI=1S/C15H18N4O6/c1-8(20)17-11-13(22)12(21)10(25-14(11)18-19-16)7-24-15(23)9-5-3-2-4-6-9/h2-6,10-14,21-22H,7H2,1H3,(H,17,20)/t10-,11-,12-,13-,14-/m1/s1. The molecule has 134 valence electrons. The molecule has 0 spiro atoms. The van der Waals surface area contributed by atoms with Gasteiger partial charge in [-0.3, -0.25) is 4.79 Å². The Balaban J connectivity index is 2.05. The van der Waals surface area contributed by atoms with Crippen LogP contribution >= 0.6 is 0 Å². The maximum atomic E-state index is 11.9. The first-order valence-electron chi connectivity index (χ1n) is 7.49. The number of amides is 1. The highest BCUT2D eigenvalue weighted by molar-refractivity contribution is 5.89. The van der Waals surface area contributed by atoms with E-state index in [4.69, 9.17) is 15.0 Å². The van der Waals surface area contributed by atoms with Crippen LogP contribution in [0.4, 0.5) is 0 Å². The lowest BCUT2D eigenvalue weighted by atomic mass is 9.96. The summed E-state index contributed by atoms with van der Waals surface area (Å²) >= 11 is 0. The molecular formula is C15H18N4O6. The van der Waals surface area contributed by atoms with Gasteiger partial charge in [0.25, 0.3) is 0 Å². The Morgan fingerprint density at radius 1 is 1.32 bits per heavy atom. The predicted octanol–water partition coefficient (Wildman–Crippen LogP) is 0.105. The zero-order valence-electron chi connectivity index (χ0n) is 13.3. The van der Waals surface area contributed by atoms with Gasteiger partial charge in [0.2, 0.25) is 5.91 Å². The number of nitrogens with one attached hydrogen (secondary N) is 1. The van der Waals surface area contributed by atoms with Gasteiger partial charge < -0.3 is 25.0 Å². The number of hydrogen-bond donors (Lipinski definition) is 3. The van der Waals surface area contributed by atoms with E-state index in [1.165, 1.54) is 6.92 Å². The molecule has 0 bridgehead atoms. The summed E-state index contributed by atoms with van der Waals surface area (Å²) in [5, 5.41) is 26.0. The molecule has 2 rings (SSSR count). The van der Waals surface area contributed by atoms with E-state index < -0.39 is 42.5 Å². The molecule has 5 atom stereocenters. The Morgan fingerprint density at radius 2 is 2.00 bits per heavy atom. The molecule has 0 aliphatic carbocycles. The van der Waals surface area contributed by atoms with Crippen molar-refractivity contribution in [3.63, 3.8) is 0 Å². The summed E-state index contributed by atoms with van der Waals surface area (Å²) in [4.78, 5) is 25.7. The zero-order valence-corrected chi connectivity index (χ0v) is 13.3. The van der Waals surface area contributed by atoms with Crippen molar-refractivity contribution in [2.75, 3.05) is 6.61 Å². The van der Waals surface area contributed by atoms with Crippen LogP contribution in [0.2, 0.25) is 0 Å². The maximum absolute atomic E-state index is 11.9. The van der Waals surface area contributed by atoms with E-state index in [2.05, 4.69) is 15.3 Å². The number of esters is 1. The molecule has 1 aromatic carbocycles. The van der Waals surface area contributed by atoms with Gasteiger partial charge in [-0.2, -0.15) is 0 Å². The molecule has 1 aliphatic heterocycles. The summed E-state index contributed by atoms with van der Waals surface area (Å²) in [5.74, 6) is -1.12. The molecule has 1 fully saturated rings. The Morgan fingerprint density at radius 3 is 2.60 bits per heavy atom. The molecule has 1 heterocycles. The van der Waals surface area contributed by atoms with Gasteiger partial charge in [-0.05, 0) is 17.7 Å². The van der Waals surface area contributed by atoms with Crippen LogP contribution in [0.1, 0.15) is 17.3 Å². The van der Waals surface area contributed by atoms with Gasteiger partial charge in [-0.1, -0.05) is 23.3 Å². The Bertz CT molecular complexity index is 663. The van der Waals surface area contributed by atoms with Crippen LogP contribution in [0.15, 0.2) is 35.4 Å². The molecule has 3 N–H and O–H groups in total. The van der Waals surface area contributed by atoms with E-state index in [1.54, 1.807) is 30.3 Å². The number of azide groups is 1. The highest BCUT2D eigenvalue weighted by Crippen LogP contribution is 2.23. The first kappa shape index (κ1) is 18.7. The molecule has 25 heavy (non-hydrogen) atoms. The number of nitrogens with zero attached hydrogens (tertiary/aromatic N) is 3. The van der Waals surface area contributed by atoms with Crippen LogP contribution in [0.5, 0.6) is 0 Å². The molecule has 1 aliphatic rings. The number of aliphatic hydroxyl groups excluding tert-OH is 2. The van der Waals surface area contributed by atoms with Gasteiger partial charge in [-0.15, -0.1) is 0 Å². The van der Waals surface area contributed by atoms with Crippen molar-refractivity contribution in [1.29, 1.82) is 0 Å². The third-order valence-corrected chi connectivity index (χ3v) is 3.64. The van der Waals surface area contributed by atoms with Crippen LogP contribution in [-0.2, 0) is 14.3 Å². The van der Waals surface area contributed by atoms with Gasteiger partial charge in [0, 0.05) is 11.8 Å². The Labute approximate surface area is 143 Å². The van der Waals surface area contributed by atoms with Crippen LogP contribution in [0.25, 0.3) is 10.4 Å². The van der Waals surface area contributed by atoms with E-state index in [-0.39, 0.29) is 6.61 Å². The summed E-state index contributed by atoms with van der Waals surface area (Å²) < 4.78 is 10.5. The summed E-state index contributed by atoms with van der Waals surface area (Å²) in [7, 11) is 0. The van der Waals surface area contributed by atoms with Gasteiger partial charge in [-0.25, -0.2) is 4.79 Å². The molecule has 1 aromatic rings. The minimum Gasteiger partial charge on any atom is -0.459 e. The minimum atomic E-state index is -1.46. The summed E-state index contributed by atoms with van der Waals surface area (Å²) in [6.07, 6.45) is -5.30. The van der Waals surface area contributed by atoms with E-state index in [0.717, 1.165) is 0 Å². The Kier molecular flexibility index (Phi) is 6.31. The fourth-order valence-corrected chi connectivity index (χ4v) is 2.44. The van der Waals surface area contributed by atoms with Crippen molar-refractivity contribution < 1.29 is 29.3 Å². The first-order valence-corrected chi connectivity index (χ1v) is 7.49. The van der Waals surface area contributed by atoms with E-state index >= 15 is 0 Å². The van der Waals surface area contributed by atoms with Crippen molar-refractivity contribution in [1.82, 2.24) is 5.32 Å². The molecule has 0 radical (unpaired) electrons. The number of ether oxygens (including phenoxy) is 2. The van der Waals surface area contributed by atoms with E-state index in [0.29, 0.717) is 5.56 Å². The molecule has 1 amide bonds. The van der Waals surface area contributed by atoms with Gasteiger partial charge >= 0.3 is 5.97 Å². The fourth-order valence-electron chi connectivity index (χ4n) is 2.44. The average Bonchev–Trinajstić information content (AvgIpc) is 2.60. The Hall–Kier alpha value is -2.65. The van der Waals surface area contributed by atoms with Crippen molar-refractivity contribution in [3.05, 3.63) is 46.3 Å². The molecule has 10 heteroatoms. The SMILES string of the molecule is CC(=O)N[C@@H]1[C@@H](O)[C@H](O)[C@@H](COC(=O)c2ccccc2)O[C@H]1N=[N+]=[N-]. The minimum absolute atomic E-state index is 0.316. The largest absolute Gasteiger partial charge is 0.459 e. The fraction of sp³-hybridized carbons (Fsp3) is 0.467. The van der Waals surface area contributed by atoms with Gasteiger partial charge in [0.15, 0.2) is 6.23 Å². The third-order valence-electron chi connectivity index (χ3n) is 3.64. The second-order valence-electron chi connectivity index (χ2n) is 5.44. The first-order chi connectivity index (χ1) is 11.9. The summed E-state index contributed by atoms with van der Waals surface area (Å²) in [6, 6.07) is 7.08.